The molecule has 118 valence electrons. The van der Waals surface area contributed by atoms with Crippen molar-refractivity contribution < 1.29 is 2.74 Å². The highest BCUT2D eigenvalue weighted by Gasteiger charge is 2.52. The Morgan fingerprint density at radius 1 is 0.680 bits per heavy atom. The molecule has 0 nitrogen and oxygen atoms in total. The molecule has 0 saturated heterocycles. The van der Waals surface area contributed by atoms with Crippen LogP contribution in [0.4, 0.5) is 0 Å². The third-order valence-electron chi connectivity index (χ3n) is 6.00. The van der Waals surface area contributed by atoms with Gasteiger partial charge in [0.1, 0.15) is 0 Å². The van der Waals surface area contributed by atoms with Crippen molar-refractivity contribution in [3.8, 4) is 11.1 Å². The molecule has 3 aliphatic carbocycles. The molecule has 0 unspecified atom stereocenters. The second-order valence-electron chi connectivity index (χ2n) is 6.99. The highest BCUT2D eigenvalue weighted by atomic mass is 14.5. The molecule has 0 amide bonds. The summed E-state index contributed by atoms with van der Waals surface area (Å²) in [5.74, 6) is 0. The number of benzene rings is 3. The zero-order valence-electron chi connectivity index (χ0n) is 15.8. The SMILES string of the molecule is [2H]C1([2H])C=CC2=C(C1)C1(c3ccccc32)c2ccccc2-c2ccccc21. The van der Waals surface area contributed by atoms with Gasteiger partial charge < -0.3 is 0 Å². The molecule has 3 aromatic carbocycles. The minimum atomic E-state index is -1.32. The summed E-state index contributed by atoms with van der Waals surface area (Å²) >= 11 is 0. The Hall–Kier alpha value is -2.86. The fourth-order valence-electron chi connectivity index (χ4n) is 5.14. The quantitative estimate of drug-likeness (QED) is 0.468. The fourth-order valence-corrected chi connectivity index (χ4v) is 5.14. The number of allylic oxidation sites excluding steroid dienone is 4. The van der Waals surface area contributed by atoms with Crippen molar-refractivity contribution in [3.05, 3.63) is 113 Å². The van der Waals surface area contributed by atoms with Crippen LogP contribution in [0.1, 0.15) is 37.8 Å². The second kappa shape index (κ2) is 4.61. The average Bonchev–Trinajstić information content (AvgIpc) is 3.14. The summed E-state index contributed by atoms with van der Waals surface area (Å²) in [5, 5.41) is 0. The van der Waals surface area contributed by atoms with Crippen molar-refractivity contribution >= 4 is 5.57 Å². The minimum absolute atomic E-state index is 0.378. The topological polar surface area (TPSA) is 0 Å². The van der Waals surface area contributed by atoms with Gasteiger partial charge in [-0.3, -0.25) is 0 Å². The van der Waals surface area contributed by atoms with Crippen LogP contribution in [0.25, 0.3) is 16.7 Å². The summed E-state index contributed by atoms with van der Waals surface area (Å²) < 4.78 is 16.9. The predicted molar refractivity (Wildman–Crippen MR) is 103 cm³/mol. The summed E-state index contributed by atoms with van der Waals surface area (Å²) in [6.07, 6.45) is 2.85. The van der Waals surface area contributed by atoms with Crippen LogP contribution in [0, 0.1) is 0 Å². The van der Waals surface area contributed by atoms with E-state index < -0.39 is 6.37 Å². The van der Waals surface area contributed by atoms with Crippen molar-refractivity contribution in [2.24, 2.45) is 0 Å². The van der Waals surface area contributed by atoms with Gasteiger partial charge in [0.05, 0.1) is 5.41 Å². The first kappa shape index (κ1) is 11.7. The largest absolute Gasteiger partial charge is 0.0836 e. The Bertz CT molecular complexity index is 1130. The molecule has 0 heteroatoms. The molecule has 0 aliphatic heterocycles. The van der Waals surface area contributed by atoms with Crippen molar-refractivity contribution in [2.45, 2.75) is 18.2 Å². The van der Waals surface area contributed by atoms with E-state index in [0.29, 0.717) is 6.42 Å². The molecule has 3 aliphatic rings. The maximum Gasteiger partial charge on any atom is 0.0688 e. The van der Waals surface area contributed by atoms with Crippen LogP contribution in [0.5, 0.6) is 0 Å². The Morgan fingerprint density at radius 2 is 1.20 bits per heavy atom. The number of hydrogen-bond acceptors (Lipinski definition) is 0. The lowest BCUT2D eigenvalue weighted by atomic mass is 9.68. The summed E-state index contributed by atoms with van der Waals surface area (Å²) in [6.45, 7) is 0. The van der Waals surface area contributed by atoms with E-state index in [1.807, 2.05) is 6.08 Å². The normalized spacial score (nSPS) is 21.3. The zero-order chi connectivity index (χ0) is 18.2. The van der Waals surface area contributed by atoms with Crippen LogP contribution in [0.2, 0.25) is 0 Å². The molecule has 0 bridgehead atoms. The minimum Gasteiger partial charge on any atom is -0.0836 e. The van der Waals surface area contributed by atoms with Crippen molar-refractivity contribution in [3.63, 3.8) is 0 Å². The molecule has 6 rings (SSSR count). The van der Waals surface area contributed by atoms with Crippen molar-refractivity contribution in [1.29, 1.82) is 0 Å². The van der Waals surface area contributed by atoms with Gasteiger partial charge in [0, 0.05) is 2.74 Å². The van der Waals surface area contributed by atoms with Gasteiger partial charge in [-0.1, -0.05) is 84.9 Å². The first-order chi connectivity index (χ1) is 13.1. The summed E-state index contributed by atoms with van der Waals surface area (Å²) in [7, 11) is 0. The molecule has 0 atom stereocenters. The summed E-state index contributed by atoms with van der Waals surface area (Å²) in [4.78, 5) is 0. The van der Waals surface area contributed by atoms with Gasteiger partial charge >= 0.3 is 0 Å². The van der Waals surface area contributed by atoms with E-state index in [-0.39, 0.29) is 5.41 Å². The van der Waals surface area contributed by atoms with E-state index in [2.05, 4.69) is 72.8 Å². The van der Waals surface area contributed by atoms with Crippen LogP contribution in [-0.4, -0.2) is 0 Å². The zero-order valence-corrected chi connectivity index (χ0v) is 13.8. The van der Waals surface area contributed by atoms with Gasteiger partial charge in [-0.2, -0.15) is 0 Å². The second-order valence-corrected chi connectivity index (χ2v) is 6.99. The van der Waals surface area contributed by atoms with E-state index in [1.165, 1.54) is 44.5 Å². The molecule has 3 aromatic rings. The lowest BCUT2D eigenvalue weighted by Crippen LogP contribution is -2.27. The molecule has 0 fully saturated rings. The number of fused-ring (bicyclic) bond motifs is 9. The third-order valence-corrected chi connectivity index (χ3v) is 6.00. The fraction of sp³-hybridized carbons (Fsp3) is 0.120. The first-order valence-corrected chi connectivity index (χ1v) is 8.85. The molecule has 0 aromatic heterocycles. The van der Waals surface area contributed by atoms with E-state index in [4.69, 9.17) is 2.74 Å². The maximum absolute atomic E-state index is 8.45. The van der Waals surface area contributed by atoms with Crippen LogP contribution in [-0.2, 0) is 5.41 Å². The summed E-state index contributed by atoms with van der Waals surface area (Å²) in [6, 6.07) is 25.9. The highest BCUT2D eigenvalue weighted by molar-refractivity contribution is 5.96. The van der Waals surface area contributed by atoms with Crippen molar-refractivity contribution in [2.75, 3.05) is 0 Å². The van der Waals surface area contributed by atoms with Gasteiger partial charge in [-0.15, -0.1) is 0 Å². The maximum atomic E-state index is 8.45. The van der Waals surface area contributed by atoms with Gasteiger partial charge in [0.2, 0.25) is 0 Å². The van der Waals surface area contributed by atoms with E-state index in [0.717, 1.165) is 0 Å². The summed E-state index contributed by atoms with van der Waals surface area (Å²) in [5.41, 5.74) is 9.67. The molecule has 1 spiro atoms. The lowest BCUT2D eigenvalue weighted by molar-refractivity contribution is 0.714. The standard InChI is InChI=1S/C25H18/c1-5-13-21-17(9-1)18-10-2-6-14-22(18)25(21)23-15-7-3-11-19(23)20-12-4-8-16-24(20)25/h1-7,9-15H,8,16H2/i8D2. The van der Waals surface area contributed by atoms with E-state index in [9.17, 15) is 0 Å². The molecule has 25 heavy (non-hydrogen) atoms. The molecule has 0 radical (unpaired) electrons. The number of rotatable bonds is 0. The third kappa shape index (κ3) is 1.45. The van der Waals surface area contributed by atoms with Crippen LogP contribution < -0.4 is 0 Å². The number of hydrogen-bond donors (Lipinski definition) is 0. The predicted octanol–water partition coefficient (Wildman–Crippen LogP) is 6.12. The van der Waals surface area contributed by atoms with Crippen LogP contribution in [0.15, 0.2) is 90.5 Å². The first-order valence-electron chi connectivity index (χ1n) is 9.85. The Balaban J connectivity index is 1.81. The van der Waals surface area contributed by atoms with Crippen LogP contribution >= 0.6 is 0 Å². The van der Waals surface area contributed by atoms with E-state index >= 15 is 0 Å². The molecule has 0 heterocycles. The molecular formula is C25H18. The monoisotopic (exact) mass is 320 g/mol. The molecular weight excluding hydrogens is 300 g/mol. The van der Waals surface area contributed by atoms with Crippen molar-refractivity contribution in [1.82, 2.24) is 0 Å². The van der Waals surface area contributed by atoms with Gasteiger partial charge in [0.25, 0.3) is 0 Å². The van der Waals surface area contributed by atoms with Gasteiger partial charge in [-0.05, 0) is 57.3 Å². The smallest absolute Gasteiger partial charge is 0.0688 e. The molecule has 0 saturated carbocycles. The van der Waals surface area contributed by atoms with Gasteiger partial charge in [-0.25, -0.2) is 0 Å². The Morgan fingerprint density at radius 3 is 1.84 bits per heavy atom. The van der Waals surface area contributed by atoms with E-state index in [1.54, 1.807) is 6.08 Å². The average molecular weight is 320 g/mol. The highest BCUT2D eigenvalue weighted by Crippen LogP contribution is 2.63. The molecule has 0 N–H and O–H groups in total. The Kier molecular flexibility index (Phi) is 2.15. The Labute approximate surface area is 151 Å². The van der Waals surface area contributed by atoms with Crippen LogP contribution in [0.3, 0.4) is 0 Å². The van der Waals surface area contributed by atoms with Gasteiger partial charge in [0.15, 0.2) is 0 Å². The lowest BCUT2D eigenvalue weighted by Gasteiger charge is -2.33.